The molecule has 3 heterocycles. The van der Waals surface area contributed by atoms with Crippen LogP contribution < -0.4 is 4.90 Å². The van der Waals surface area contributed by atoms with Gasteiger partial charge in [0.05, 0.1) is 32.3 Å². The second-order valence-corrected chi connectivity index (χ2v) is 10.6. The number of carbonyl (C=O) groups is 2. The van der Waals surface area contributed by atoms with Crippen LogP contribution in [0.1, 0.15) is 13.8 Å². The molecule has 3 aliphatic rings. The zero-order chi connectivity index (χ0) is 32.1. The van der Waals surface area contributed by atoms with Crippen LogP contribution in [0.2, 0.25) is 0 Å². The number of quaternary nitrogens is 1. The lowest BCUT2D eigenvalue weighted by Gasteiger charge is -2.48. The maximum absolute atomic E-state index is 12.7. The Balaban J connectivity index is 2.01. The first-order valence-electron chi connectivity index (χ1n) is 13.5. The van der Waals surface area contributed by atoms with Crippen molar-refractivity contribution in [3.63, 3.8) is 0 Å². The first kappa shape index (κ1) is 34.5. The number of rotatable bonds is 12. The van der Waals surface area contributed by atoms with Crippen molar-refractivity contribution in [1.82, 2.24) is 0 Å². The van der Waals surface area contributed by atoms with E-state index in [-0.39, 0.29) is 30.8 Å². The van der Waals surface area contributed by atoms with Crippen molar-refractivity contribution in [3.8, 4) is 0 Å². The molecule has 0 bridgehead atoms. The third kappa shape index (κ3) is 7.41. The first-order valence-corrected chi connectivity index (χ1v) is 13.5. The average Bonchev–Trinajstić information content (AvgIpc) is 2.95. The molecule has 8 N–H and O–H groups in total. The largest absolute Gasteiger partial charge is 0.477 e. The fraction of sp³-hybridized carbons (Fsp3) is 0.571. The van der Waals surface area contributed by atoms with E-state index in [2.05, 4.69) is 6.58 Å². The van der Waals surface area contributed by atoms with Crippen LogP contribution in [0.5, 0.6) is 0 Å². The topological polar surface area (TPSA) is 226 Å². The van der Waals surface area contributed by atoms with Gasteiger partial charge in [-0.2, -0.15) is 0 Å². The minimum atomic E-state index is -2.94. The van der Waals surface area contributed by atoms with Crippen LogP contribution in [0, 0.1) is 5.92 Å². The van der Waals surface area contributed by atoms with Crippen LogP contribution in [0.4, 0.5) is 0 Å². The summed E-state index contributed by atoms with van der Waals surface area (Å²) >= 11 is 0. The van der Waals surface area contributed by atoms with Crippen LogP contribution in [-0.2, 0) is 33.3 Å². The molecule has 0 amide bonds. The first-order chi connectivity index (χ1) is 20.2. The standard InChI is InChI=1S/C28H39NO14/c1-5-18-25(43-26-22(41-15(2)3)28(37,38)21(32)20(13-31)42-26)40-14-19(24(35)39-4)27(18,36)7-6-16-10-17(23(33)34)12-29(11-16)8-9-30/h5-7,10,12,14-15,18,20-22,25-26,30-32,36-38H,1,8-9,11,13H2,2-4H3,(H,33,34)/p+1/b7-6+/t18-,20+,21+,22-,25-,26-,27+/m0/s1. The Labute approximate surface area is 247 Å². The van der Waals surface area contributed by atoms with Crippen molar-refractivity contribution in [3.05, 3.63) is 60.1 Å². The van der Waals surface area contributed by atoms with Crippen molar-refractivity contribution < 1.29 is 73.9 Å². The molecule has 0 spiro atoms. The summed E-state index contributed by atoms with van der Waals surface area (Å²) in [6.45, 7) is 6.36. The molecule has 8 atom stereocenters. The maximum Gasteiger partial charge on any atom is 0.341 e. The highest BCUT2D eigenvalue weighted by Crippen LogP contribution is 2.40. The number of nitrogens with one attached hydrogen (secondary N) is 1. The van der Waals surface area contributed by atoms with E-state index in [1.807, 2.05) is 0 Å². The molecule has 0 aromatic rings. The van der Waals surface area contributed by atoms with E-state index in [1.165, 1.54) is 30.5 Å². The summed E-state index contributed by atoms with van der Waals surface area (Å²) in [6, 6.07) is 0. The Morgan fingerprint density at radius 2 is 1.93 bits per heavy atom. The Kier molecular flexibility index (Phi) is 11.4. The number of aliphatic hydroxyl groups is 6. The van der Waals surface area contributed by atoms with Crippen molar-refractivity contribution in [2.45, 2.75) is 62.2 Å². The Hall–Kier alpha value is -2.96. The number of aliphatic hydroxyl groups excluding tert-OH is 3. The fourth-order valence-electron chi connectivity index (χ4n) is 5.02. The predicted molar refractivity (Wildman–Crippen MR) is 144 cm³/mol. The minimum absolute atomic E-state index is 0.0405. The summed E-state index contributed by atoms with van der Waals surface area (Å²) in [7, 11) is 1.09. The Morgan fingerprint density at radius 1 is 1.23 bits per heavy atom. The third-order valence-corrected chi connectivity index (χ3v) is 7.20. The molecule has 0 aromatic carbocycles. The van der Waals surface area contributed by atoms with Crippen molar-refractivity contribution in [2.24, 2.45) is 5.92 Å². The van der Waals surface area contributed by atoms with Crippen molar-refractivity contribution in [1.29, 1.82) is 0 Å². The second kappa shape index (κ2) is 14.2. The van der Waals surface area contributed by atoms with Gasteiger partial charge in [0, 0.05) is 5.57 Å². The fourth-order valence-corrected chi connectivity index (χ4v) is 5.02. The number of aliphatic carboxylic acids is 1. The molecule has 15 nitrogen and oxygen atoms in total. The maximum atomic E-state index is 12.7. The summed E-state index contributed by atoms with van der Waals surface area (Å²) in [5.74, 6) is -6.39. The zero-order valence-corrected chi connectivity index (χ0v) is 24.0. The molecule has 43 heavy (non-hydrogen) atoms. The van der Waals surface area contributed by atoms with Crippen LogP contribution >= 0.6 is 0 Å². The summed E-state index contributed by atoms with van der Waals surface area (Å²) in [5.41, 5.74) is -2.18. The number of esters is 1. The molecule has 3 aliphatic heterocycles. The van der Waals surface area contributed by atoms with Crippen LogP contribution in [-0.4, -0.2) is 129 Å². The van der Waals surface area contributed by atoms with E-state index in [0.29, 0.717) is 10.5 Å². The van der Waals surface area contributed by atoms with Crippen molar-refractivity contribution in [2.75, 3.05) is 33.4 Å². The summed E-state index contributed by atoms with van der Waals surface area (Å²) < 4.78 is 27.5. The van der Waals surface area contributed by atoms with Gasteiger partial charge in [-0.3, -0.25) is 0 Å². The highest BCUT2D eigenvalue weighted by atomic mass is 16.8. The number of methoxy groups -OCH3 is 1. The van der Waals surface area contributed by atoms with Gasteiger partial charge in [-0.1, -0.05) is 12.2 Å². The summed E-state index contributed by atoms with van der Waals surface area (Å²) in [4.78, 5) is 25.0. The van der Waals surface area contributed by atoms with Gasteiger partial charge in [0.25, 0.3) is 0 Å². The molecule has 0 aliphatic carbocycles. The molecule has 15 heteroatoms. The van der Waals surface area contributed by atoms with E-state index in [0.717, 1.165) is 13.4 Å². The van der Waals surface area contributed by atoms with E-state index in [9.17, 15) is 45.3 Å². The average molecular weight is 615 g/mol. The second-order valence-electron chi connectivity index (χ2n) is 10.6. The Bertz CT molecular complexity index is 1160. The van der Waals surface area contributed by atoms with Crippen molar-refractivity contribution >= 4 is 11.9 Å². The predicted octanol–water partition coefficient (Wildman–Crippen LogP) is -3.16. The van der Waals surface area contributed by atoms with Gasteiger partial charge in [0.1, 0.15) is 54.5 Å². The summed E-state index contributed by atoms with van der Waals surface area (Å²) in [5, 5.41) is 72.3. The monoisotopic (exact) mass is 614 g/mol. The van der Waals surface area contributed by atoms with Gasteiger partial charge >= 0.3 is 11.9 Å². The normalized spacial score (nSPS) is 34.2. The molecular formula is C28H40NO14+. The summed E-state index contributed by atoms with van der Waals surface area (Å²) in [6.07, 6.45) is -1.41. The molecule has 1 saturated heterocycles. The van der Waals surface area contributed by atoms with Gasteiger partial charge in [-0.15, -0.1) is 6.58 Å². The number of carboxylic acids is 1. The van der Waals surface area contributed by atoms with Gasteiger partial charge in [-0.05, 0) is 26.0 Å². The van der Waals surface area contributed by atoms with Crippen LogP contribution in [0.25, 0.3) is 0 Å². The van der Waals surface area contributed by atoms with E-state index in [4.69, 9.17) is 23.7 Å². The van der Waals surface area contributed by atoms with E-state index < -0.39 is 72.8 Å². The zero-order valence-electron chi connectivity index (χ0n) is 24.0. The smallest absolute Gasteiger partial charge is 0.341 e. The Morgan fingerprint density at radius 3 is 2.49 bits per heavy atom. The molecule has 0 aromatic heterocycles. The number of carbonyl (C=O) groups excluding carboxylic acids is 1. The lowest BCUT2D eigenvalue weighted by Crippen LogP contribution is -3.08. The number of hydrogen-bond acceptors (Lipinski definition) is 13. The molecule has 3 rings (SSSR count). The van der Waals surface area contributed by atoms with Gasteiger partial charge < -0.3 is 64.3 Å². The minimum Gasteiger partial charge on any atom is -0.477 e. The van der Waals surface area contributed by atoms with Gasteiger partial charge in [-0.25, -0.2) is 9.59 Å². The van der Waals surface area contributed by atoms with E-state index in [1.54, 1.807) is 13.8 Å². The number of carboxylic acid groups (broad SMARTS) is 1. The quantitative estimate of drug-likeness (QED) is 0.0617. The highest BCUT2D eigenvalue weighted by molar-refractivity contribution is 5.91. The molecule has 1 unspecified atom stereocenters. The van der Waals surface area contributed by atoms with Crippen LogP contribution in [0.15, 0.2) is 60.1 Å². The molecular weight excluding hydrogens is 574 g/mol. The lowest BCUT2D eigenvalue weighted by molar-refractivity contribution is -0.842. The lowest BCUT2D eigenvalue weighted by atomic mass is 9.78. The molecule has 0 saturated carbocycles. The number of hydrogen-bond donors (Lipinski definition) is 8. The van der Waals surface area contributed by atoms with Gasteiger partial charge in [0.2, 0.25) is 12.1 Å². The molecule has 1 fully saturated rings. The number of ether oxygens (including phenoxy) is 5. The molecule has 0 radical (unpaired) electrons. The van der Waals surface area contributed by atoms with Crippen LogP contribution in [0.3, 0.4) is 0 Å². The van der Waals surface area contributed by atoms with E-state index >= 15 is 0 Å². The molecule has 240 valence electrons. The third-order valence-electron chi connectivity index (χ3n) is 7.20. The highest BCUT2D eigenvalue weighted by Gasteiger charge is 2.58. The SMILES string of the molecule is C=C[C@H]1[C@H](O[C@@H]2O[C@H](CO)[C@@H](O)C(O)(O)[C@H]2OC(C)C)OC=C(C(=O)OC)[C@@]1(O)/C=C/C1=CC(C(=O)O)=C[NH+](CCO)C1. The van der Waals surface area contributed by atoms with Gasteiger partial charge in [0.15, 0.2) is 12.4 Å².